The molecule has 3 rings (SSSR count). The molecule has 3 aromatic carbocycles. The lowest BCUT2D eigenvalue weighted by Gasteiger charge is -2.08. The van der Waals surface area contributed by atoms with Crippen LogP contribution in [-0.2, 0) is 16.0 Å². The fourth-order valence-electron chi connectivity index (χ4n) is 2.51. The number of amides is 2. The zero-order valence-electron chi connectivity index (χ0n) is 15.0. The molecule has 0 unspecified atom stereocenters. The molecule has 0 heterocycles. The van der Waals surface area contributed by atoms with Crippen LogP contribution in [0.1, 0.15) is 5.56 Å². The van der Waals surface area contributed by atoms with Crippen molar-refractivity contribution in [1.29, 1.82) is 0 Å². The summed E-state index contributed by atoms with van der Waals surface area (Å²) in [7, 11) is 0. The standard InChI is InChI=1S/C22H19ClN2O3/c23-17-6-4-5-16(15-17)13-14-24-21(26)22(27)25-18-9-11-20(12-10-18)28-19-7-2-1-3-8-19/h1-12,15H,13-14H2,(H,24,26)(H,25,27). The van der Waals surface area contributed by atoms with Crippen molar-refractivity contribution < 1.29 is 14.3 Å². The van der Waals surface area contributed by atoms with Crippen LogP contribution in [0.3, 0.4) is 0 Å². The summed E-state index contributed by atoms with van der Waals surface area (Å²) in [5, 5.41) is 5.80. The molecule has 0 aliphatic carbocycles. The molecule has 0 saturated carbocycles. The van der Waals surface area contributed by atoms with Crippen molar-refractivity contribution in [3.05, 3.63) is 89.4 Å². The molecule has 0 fully saturated rings. The molecule has 2 amide bonds. The highest BCUT2D eigenvalue weighted by Gasteiger charge is 2.13. The first-order valence-electron chi connectivity index (χ1n) is 8.77. The third kappa shape index (κ3) is 5.86. The van der Waals surface area contributed by atoms with E-state index in [0.29, 0.717) is 29.4 Å². The van der Waals surface area contributed by atoms with Gasteiger partial charge in [-0.3, -0.25) is 9.59 Å². The Morgan fingerprint density at radius 2 is 1.54 bits per heavy atom. The summed E-state index contributed by atoms with van der Waals surface area (Å²) < 4.78 is 5.69. The third-order valence-corrected chi connectivity index (χ3v) is 4.12. The van der Waals surface area contributed by atoms with Crippen LogP contribution in [0.5, 0.6) is 11.5 Å². The zero-order valence-corrected chi connectivity index (χ0v) is 15.8. The number of nitrogens with one attached hydrogen (secondary N) is 2. The molecule has 0 atom stereocenters. The number of carbonyl (C=O) groups excluding carboxylic acids is 2. The minimum absolute atomic E-state index is 0.344. The first kappa shape index (κ1) is 19.5. The van der Waals surface area contributed by atoms with Gasteiger partial charge in [-0.05, 0) is 60.5 Å². The van der Waals surface area contributed by atoms with Crippen LogP contribution in [0.25, 0.3) is 0 Å². The van der Waals surface area contributed by atoms with Crippen molar-refractivity contribution in [1.82, 2.24) is 5.32 Å². The van der Waals surface area contributed by atoms with Crippen molar-refractivity contribution in [3.63, 3.8) is 0 Å². The summed E-state index contributed by atoms with van der Waals surface area (Å²) in [6.07, 6.45) is 0.588. The average Bonchev–Trinajstić information content (AvgIpc) is 2.70. The lowest BCUT2D eigenvalue weighted by Crippen LogP contribution is -2.36. The minimum atomic E-state index is -0.720. The van der Waals surface area contributed by atoms with Gasteiger partial charge in [-0.15, -0.1) is 0 Å². The number of benzene rings is 3. The van der Waals surface area contributed by atoms with E-state index in [1.807, 2.05) is 48.5 Å². The smallest absolute Gasteiger partial charge is 0.313 e. The van der Waals surface area contributed by atoms with Gasteiger partial charge in [0.05, 0.1) is 0 Å². The van der Waals surface area contributed by atoms with E-state index in [4.69, 9.17) is 16.3 Å². The molecule has 0 radical (unpaired) electrons. The predicted molar refractivity (Wildman–Crippen MR) is 110 cm³/mol. The van der Waals surface area contributed by atoms with Crippen molar-refractivity contribution in [2.75, 3.05) is 11.9 Å². The molecular weight excluding hydrogens is 376 g/mol. The van der Waals surface area contributed by atoms with Crippen LogP contribution in [0, 0.1) is 0 Å². The molecule has 0 aromatic heterocycles. The van der Waals surface area contributed by atoms with Crippen molar-refractivity contribution >= 4 is 29.1 Å². The number of ether oxygens (including phenoxy) is 1. The molecule has 6 heteroatoms. The van der Waals surface area contributed by atoms with E-state index in [9.17, 15) is 9.59 Å². The number of rotatable bonds is 6. The molecule has 142 valence electrons. The van der Waals surface area contributed by atoms with Gasteiger partial charge < -0.3 is 15.4 Å². The summed E-state index contributed by atoms with van der Waals surface area (Å²) in [6.45, 7) is 0.344. The van der Waals surface area contributed by atoms with E-state index in [1.54, 1.807) is 30.3 Å². The van der Waals surface area contributed by atoms with Gasteiger partial charge in [-0.25, -0.2) is 0 Å². The van der Waals surface area contributed by atoms with Gasteiger partial charge in [0.15, 0.2) is 0 Å². The molecule has 5 nitrogen and oxygen atoms in total. The Bertz CT molecular complexity index is 944. The molecule has 0 spiro atoms. The first-order valence-corrected chi connectivity index (χ1v) is 9.14. The largest absolute Gasteiger partial charge is 0.457 e. The maximum Gasteiger partial charge on any atom is 0.313 e. The van der Waals surface area contributed by atoms with Gasteiger partial charge in [-0.1, -0.05) is 41.9 Å². The number of carbonyl (C=O) groups is 2. The topological polar surface area (TPSA) is 67.4 Å². The van der Waals surface area contributed by atoms with Gasteiger partial charge >= 0.3 is 11.8 Å². The van der Waals surface area contributed by atoms with Crippen molar-refractivity contribution in [3.8, 4) is 11.5 Å². The molecule has 0 aliphatic heterocycles. The lowest BCUT2D eigenvalue weighted by atomic mass is 10.1. The fourth-order valence-corrected chi connectivity index (χ4v) is 2.72. The second kappa shape index (κ2) is 9.58. The summed E-state index contributed by atoms with van der Waals surface area (Å²) in [6, 6.07) is 23.5. The van der Waals surface area contributed by atoms with Gasteiger partial charge in [0, 0.05) is 17.3 Å². The highest BCUT2D eigenvalue weighted by atomic mass is 35.5. The number of hydrogen-bond donors (Lipinski definition) is 2. The van der Waals surface area contributed by atoms with E-state index in [1.165, 1.54) is 0 Å². The monoisotopic (exact) mass is 394 g/mol. The van der Waals surface area contributed by atoms with Crippen LogP contribution in [0.4, 0.5) is 5.69 Å². The van der Waals surface area contributed by atoms with Gasteiger partial charge in [0.2, 0.25) is 0 Å². The quantitative estimate of drug-likeness (QED) is 0.608. The normalized spacial score (nSPS) is 10.2. The zero-order chi connectivity index (χ0) is 19.8. The maximum atomic E-state index is 12.0. The Balaban J connectivity index is 1.46. The Morgan fingerprint density at radius 1 is 0.821 bits per heavy atom. The van der Waals surface area contributed by atoms with Crippen LogP contribution in [0.2, 0.25) is 5.02 Å². The number of hydrogen-bond acceptors (Lipinski definition) is 3. The van der Waals surface area contributed by atoms with Crippen LogP contribution in [-0.4, -0.2) is 18.4 Å². The Hall–Kier alpha value is -3.31. The maximum absolute atomic E-state index is 12.0. The average molecular weight is 395 g/mol. The SMILES string of the molecule is O=C(NCCc1cccc(Cl)c1)C(=O)Nc1ccc(Oc2ccccc2)cc1. The molecule has 2 N–H and O–H groups in total. The summed E-state index contributed by atoms with van der Waals surface area (Å²) in [4.78, 5) is 23.9. The third-order valence-electron chi connectivity index (χ3n) is 3.89. The second-order valence-corrected chi connectivity index (χ2v) is 6.47. The first-order chi connectivity index (χ1) is 13.6. The Kier molecular flexibility index (Phi) is 6.65. The van der Waals surface area contributed by atoms with Crippen molar-refractivity contribution in [2.24, 2.45) is 0 Å². The van der Waals surface area contributed by atoms with E-state index in [-0.39, 0.29) is 0 Å². The number of para-hydroxylation sites is 1. The molecule has 0 saturated heterocycles. The summed E-state index contributed by atoms with van der Waals surface area (Å²) in [5.41, 5.74) is 1.50. The number of anilines is 1. The van der Waals surface area contributed by atoms with Gasteiger partial charge in [-0.2, -0.15) is 0 Å². The summed E-state index contributed by atoms with van der Waals surface area (Å²) >= 11 is 5.92. The van der Waals surface area contributed by atoms with E-state index < -0.39 is 11.8 Å². The minimum Gasteiger partial charge on any atom is -0.457 e. The highest BCUT2D eigenvalue weighted by Crippen LogP contribution is 2.22. The van der Waals surface area contributed by atoms with E-state index in [0.717, 1.165) is 11.3 Å². The van der Waals surface area contributed by atoms with Crippen LogP contribution >= 0.6 is 11.6 Å². The molecule has 3 aromatic rings. The molecular formula is C22H19ClN2O3. The van der Waals surface area contributed by atoms with E-state index in [2.05, 4.69) is 10.6 Å². The molecule has 0 aliphatic rings. The van der Waals surface area contributed by atoms with Gasteiger partial charge in [0.1, 0.15) is 11.5 Å². The number of halogens is 1. The van der Waals surface area contributed by atoms with Crippen molar-refractivity contribution in [2.45, 2.75) is 6.42 Å². The van der Waals surface area contributed by atoms with E-state index >= 15 is 0 Å². The highest BCUT2D eigenvalue weighted by molar-refractivity contribution is 6.39. The van der Waals surface area contributed by atoms with Gasteiger partial charge in [0.25, 0.3) is 0 Å². The van der Waals surface area contributed by atoms with Crippen LogP contribution in [0.15, 0.2) is 78.9 Å². The predicted octanol–water partition coefficient (Wildman–Crippen LogP) is 4.43. The summed E-state index contributed by atoms with van der Waals surface area (Å²) in [5.74, 6) is -0.0528. The lowest BCUT2D eigenvalue weighted by molar-refractivity contribution is -0.136. The van der Waals surface area contributed by atoms with Crippen LogP contribution < -0.4 is 15.4 Å². The Labute approximate surface area is 168 Å². The second-order valence-electron chi connectivity index (χ2n) is 6.03. The Morgan fingerprint density at radius 3 is 2.25 bits per heavy atom. The molecule has 28 heavy (non-hydrogen) atoms. The molecule has 0 bridgehead atoms. The fraction of sp³-hybridized carbons (Fsp3) is 0.0909.